The quantitative estimate of drug-likeness (QED) is 0.898. The fourth-order valence-corrected chi connectivity index (χ4v) is 2.88. The van der Waals surface area contributed by atoms with Gasteiger partial charge in [0.15, 0.2) is 0 Å². The van der Waals surface area contributed by atoms with E-state index in [1.54, 1.807) is 0 Å². The molecule has 1 saturated heterocycles. The number of hydrogen-bond donors (Lipinski definition) is 1. The minimum absolute atomic E-state index is 0.681. The Labute approximate surface area is 125 Å². The molecule has 0 radical (unpaired) electrons. The number of hydrogen-bond acceptors (Lipinski definition) is 3. The van der Waals surface area contributed by atoms with Crippen molar-refractivity contribution in [3.63, 3.8) is 0 Å². The zero-order valence-corrected chi connectivity index (χ0v) is 13.5. The van der Waals surface area contributed by atoms with Gasteiger partial charge in [-0.25, -0.2) is 0 Å². The maximum Gasteiger partial charge on any atom is 0.0485 e. The Morgan fingerprint density at radius 3 is 2.47 bits per heavy atom. The van der Waals surface area contributed by atoms with Crippen molar-refractivity contribution in [1.82, 2.24) is 9.80 Å². The summed E-state index contributed by atoms with van der Waals surface area (Å²) in [4.78, 5) is 5.10. The van der Waals surface area contributed by atoms with Crippen molar-refractivity contribution in [1.29, 1.82) is 0 Å². The van der Waals surface area contributed by atoms with Crippen LogP contribution in [0.5, 0.6) is 0 Å². The van der Waals surface area contributed by atoms with Gasteiger partial charge in [-0.3, -0.25) is 9.80 Å². The SMILES string of the molecule is CC(C)N1CCN(CCNc2ccccc2Br)CC1. The first-order valence-electron chi connectivity index (χ1n) is 7.11. The van der Waals surface area contributed by atoms with Gasteiger partial charge in [0.1, 0.15) is 0 Å². The van der Waals surface area contributed by atoms with E-state index in [9.17, 15) is 0 Å². The van der Waals surface area contributed by atoms with Crippen LogP contribution >= 0.6 is 15.9 Å². The topological polar surface area (TPSA) is 18.5 Å². The molecule has 0 saturated carbocycles. The molecule has 2 rings (SSSR count). The van der Waals surface area contributed by atoms with E-state index >= 15 is 0 Å². The predicted molar refractivity (Wildman–Crippen MR) is 85.8 cm³/mol. The van der Waals surface area contributed by atoms with Crippen LogP contribution in [0.4, 0.5) is 5.69 Å². The number of benzene rings is 1. The molecule has 0 aromatic heterocycles. The molecule has 0 unspecified atom stereocenters. The van der Waals surface area contributed by atoms with Crippen LogP contribution in [0.1, 0.15) is 13.8 Å². The third kappa shape index (κ3) is 4.48. The minimum Gasteiger partial charge on any atom is -0.383 e. The van der Waals surface area contributed by atoms with E-state index in [4.69, 9.17) is 0 Å². The summed E-state index contributed by atoms with van der Waals surface area (Å²) in [5, 5.41) is 3.49. The van der Waals surface area contributed by atoms with Crippen LogP contribution < -0.4 is 5.32 Å². The molecule has 0 spiro atoms. The maximum absolute atomic E-state index is 3.56. The van der Waals surface area contributed by atoms with Crippen molar-refractivity contribution in [3.05, 3.63) is 28.7 Å². The molecule has 106 valence electrons. The second-order valence-electron chi connectivity index (χ2n) is 5.38. The second-order valence-corrected chi connectivity index (χ2v) is 6.23. The van der Waals surface area contributed by atoms with Crippen LogP contribution in [0.25, 0.3) is 0 Å². The number of para-hydroxylation sites is 1. The number of anilines is 1. The van der Waals surface area contributed by atoms with Crippen molar-refractivity contribution in [2.75, 3.05) is 44.6 Å². The Morgan fingerprint density at radius 2 is 1.84 bits per heavy atom. The average Bonchev–Trinajstić information content (AvgIpc) is 2.41. The Bertz CT molecular complexity index is 387. The fraction of sp³-hybridized carbons (Fsp3) is 0.600. The standard InChI is InChI=1S/C15H24BrN3/c1-13(2)19-11-9-18(10-12-19)8-7-17-15-6-4-3-5-14(15)16/h3-6,13,17H,7-12H2,1-2H3. The van der Waals surface area contributed by atoms with Crippen LogP contribution in [-0.2, 0) is 0 Å². The highest BCUT2D eigenvalue weighted by Gasteiger charge is 2.17. The van der Waals surface area contributed by atoms with E-state index in [1.807, 2.05) is 6.07 Å². The van der Waals surface area contributed by atoms with E-state index in [2.05, 4.69) is 63.1 Å². The first-order valence-corrected chi connectivity index (χ1v) is 7.91. The van der Waals surface area contributed by atoms with Crippen LogP contribution in [0.3, 0.4) is 0 Å². The molecule has 19 heavy (non-hydrogen) atoms. The van der Waals surface area contributed by atoms with Gasteiger partial charge in [-0.1, -0.05) is 12.1 Å². The molecule has 1 fully saturated rings. The highest BCUT2D eigenvalue weighted by Crippen LogP contribution is 2.20. The first-order chi connectivity index (χ1) is 9.16. The largest absolute Gasteiger partial charge is 0.383 e. The fourth-order valence-electron chi connectivity index (χ4n) is 2.46. The predicted octanol–water partition coefficient (Wildman–Crippen LogP) is 2.89. The molecule has 1 aliphatic heterocycles. The summed E-state index contributed by atoms with van der Waals surface area (Å²) >= 11 is 3.56. The average molecular weight is 326 g/mol. The zero-order chi connectivity index (χ0) is 13.7. The van der Waals surface area contributed by atoms with E-state index in [-0.39, 0.29) is 0 Å². The molecule has 1 N–H and O–H groups in total. The number of nitrogens with one attached hydrogen (secondary N) is 1. The Kier molecular flexibility index (Phi) is 5.67. The molecule has 0 amide bonds. The van der Waals surface area contributed by atoms with Gasteiger partial charge >= 0.3 is 0 Å². The van der Waals surface area contributed by atoms with Crippen molar-refractivity contribution >= 4 is 21.6 Å². The molecular weight excluding hydrogens is 302 g/mol. The summed E-state index contributed by atoms with van der Waals surface area (Å²) < 4.78 is 1.14. The lowest BCUT2D eigenvalue weighted by molar-refractivity contribution is 0.111. The second kappa shape index (κ2) is 7.27. The monoisotopic (exact) mass is 325 g/mol. The number of rotatable bonds is 5. The van der Waals surface area contributed by atoms with Crippen LogP contribution in [0.2, 0.25) is 0 Å². The van der Waals surface area contributed by atoms with Gasteiger partial charge in [-0.15, -0.1) is 0 Å². The summed E-state index contributed by atoms with van der Waals surface area (Å²) in [5.41, 5.74) is 1.18. The van der Waals surface area contributed by atoms with Crippen LogP contribution in [0, 0.1) is 0 Å². The van der Waals surface area contributed by atoms with Gasteiger partial charge in [0, 0.05) is 55.5 Å². The number of piperazine rings is 1. The molecule has 0 aliphatic carbocycles. The van der Waals surface area contributed by atoms with Crippen molar-refractivity contribution < 1.29 is 0 Å². The molecule has 4 heteroatoms. The minimum atomic E-state index is 0.681. The van der Waals surface area contributed by atoms with E-state index in [0.717, 1.165) is 17.6 Å². The molecular formula is C15H24BrN3. The van der Waals surface area contributed by atoms with E-state index in [1.165, 1.54) is 31.9 Å². The lowest BCUT2D eigenvalue weighted by Gasteiger charge is -2.36. The van der Waals surface area contributed by atoms with E-state index in [0.29, 0.717) is 6.04 Å². The first kappa shape index (κ1) is 14.8. The number of nitrogens with zero attached hydrogens (tertiary/aromatic N) is 2. The van der Waals surface area contributed by atoms with Crippen molar-refractivity contribution in [3.8, 4) is 0 Å². The molecule has 1 aromatic rings. The molecule has 1 heterocycles. The normalized spacial score (nSPS) is 17.9. The molecule has 0 atom stereocenters. The lowest BCUT2D eigenvalue weighted by Crippen LogP contribution is -2.49. The molecule has 1 aromatic carbocycles. The highest BCUT2D eigenvalue weighted by molar-refractivity contribution is 9.10. The summed E-state index contributed by atoms with van der Waals surface area (Å²) in [7, 11) is 0. The molecule has 0 bridgehead atoms. The van der Waals surface area contributed by atoms with Gasteiger partial charge < -0.3 is 5.32 Å². The van der Waals surface area contributed by atoms with Gasteiger partial charge in [-0.05, 0) is 41.9 Å². The maximum atomic E-state index is 3.56. The van der Waals surface area contributed by atoms with Gasteiger partial charge in [0.2, 0.25) is 0 Å². The highest BCUT2D eigenvalue weighted by atomic mass is 79.9. The van der Waals surface area contributed by atoms with Crippen LogP contribution in [-0.4, -0.2) is 55.1 Å². The van der Waals surface area contributed by atoms with E-state index < -0.39 is 0 Å². The van der Waals surface area contributed by atoms with Crippen molar-refractivity contribution in [2.24, 2.45) is 0 Å². The Balaban J connectivity index is 1.69. The van der Waals surface area contributed by atoms with Crippen LogP contribution in [0.15, 0.2) is 28.7 Å². The summed E-state index contributed by atoms with van der Waals surface area (Å²) in [5.74, 6) is 0. The Morgan fingerprint density at radius 1 is 1.16 bits per heavy atom. The Hall–Kier alpha value is -0.580. The van der Waals surface area contributed by atoms with Crippen molar-refractivity contribution in [2.45, 2.75) is 19.9 Å². The lowest BCUT2D eigenvalue weighted by atomic mass is 10.2. The number of halogens is 1. The summed E-state index contributed by atoms with van der Waals surface area (Å²) in [6, 6.07) is 8.97. The summed E-state index contributed by atoms with van der Waals surface area (Å²) in [6.45, 7) is 11.5. The van der Waals surface area contributed by atoms with Gasteiger partial charge in [0.05, 0.1) is 0 Å². The smallest absolute Gasteiger partial charge is 0.0485 e. The third-order valence-corrected chi connectivity index (χ3v) is 4.45. The molecule has 1 aliphatic rings. The van der Waals surface area contributed by atoms with Gasteiger partial charge in [0.25, 0.3) is 0 Å². The third-order valence-electron chi connectivity index (χ3n) is 3.75. The zero-order valence-electron chi connectivity index (χ0n) is 11.9. The molecule has 3 nitrogen and oxygen atoms in total. The summed E-state index contributed by atoms with van der Waals surface area (Å²) in [6.07, 6.45) is 0. The van der Waals surface area contributed by atoms with Gasteiger partial charge in [-0.2, -0.15) is 0 Å².